The number of carbonyl (C=O) groups is 2. The fourth-order valence-corrected chi connectivity index (χ4v) is 3.79. The van der Waals surface area contributed by atoms with Crippen molar-refractivity contribution in [1.82, 2.24) is 4.90 Å². The van der Waals surface area contributed by atoms with E-state index in [4.69, 9.17) is 55.9 Å². The van der Waals surface area contributed by atoms with E-state index in [0.717, 1.165) is 7.11 Å². The first-order valence-electron chi connectivity index (χ1n) is 7.30. The highest BCUT2D eigenvalue weighted by Gasteiger charge is 2.69. The van der Waals surface area contributed by atoms with Crippen LogP contribution >= 0.6 is 46.4 Å². The highest BCUT2D eigenvalue weighted by molar-refractivity contribution is 6.58. The Morgan fingerprint density at radius 2 is 1.80 bits per heavy atom. The quantitative estimate of drug-likeness (QED) is 0.542. The van der Waals surface area contributed by atoms with Crippen molar-refractivity contribution in [3.63, 3.8) is 0 Å². The van der Waals surface area contributed by atoms with Crippen LogP contribution in [0.25, 0.3) is 0 Å². The SMILES string of the molecule is COC(=O)C(Cl)(Cl)C1(c2ccccc2)OCC(C)(C)N1C(=O)C(Cl)Cl. The van der Waals surface area contributed by atoms with Crippen molar-refractivity contribution in [2.75, 3.05) is 13.7 Å². The van der Waals surface area contributed by atoms with Gasteiger partial charge in [-0.3, -0.25) is 9.69 Å². The molecule has 0 bridgehead atoms. The number of esters is 1. The van der Waals surface area contributed by atoms with Crippen molar-refractivity contribution in [3.8, 4) is 0 Å². The van der Waals surface area contributed by atoms with Crippen LogP contribution in [0.15, 0.2) is 30.3 Å². The van der Waals surface area contributed by atoms with E-state index in [0.29, 0.717) is 5.56 Å². The first-order chi connectivity index (χ1) is 11.5. The molecule has 1 aromatic carbocycles. The summed E-state index contributed by atoms with van der Waals surface area (Å²) in [6.45, 7) is 3.51. The number of hydrogen-bond acceptors (Lipinski definition) is 4. The Bertz CT molecular complexity index is 665. The van der Waals surface area contributed by atoms with Crippen molar-refractivity contribution in [2.24, 2.45) is 0 Å². The summed E-state index contributed by atoms with van der Waals surface area (Å²) in [5.41, 5.74) is -2.37. The minimum Gasteiger partial charge on any atom is -0.467 e. The van der Waals surface area contributed by atoms with Gasteiger partial charge in [-0.1, -0.05) is 76.7 Å². The molecule has 5 nitrogen and oxygen atoms in total. The van der Waals surface area contributed by atoms with Gasteiger partial charge in [-0.15, -0.1) is 0 Å². The fourth-order valence-electron chi connectivity index (χ4n) is 2.94. The van der Waals surface area contributed by atoms with Crippen LogP contribution in [0.3, 0.4) is 0 Å². The summed E-state index contributed by atoms with van der Waals surface area (Å²) >= 11 is 24.5. The maximum Gasteiger partial charge on any atom is 0.347 e. The number of benzene rings is 1. The van der Waals surface area contributed by atoms with E-state index in [2.05, 4.69) is 0 Å². The molecule has 1 amide bonds. The fraction of sp³-hybridized carbons (Fsp3) is 0.500. The van der Waals surface area contributed by atoms with Crippen LogP contribution in [-0.2, 0) is 24.8 Å². The zero-order chi connectivity index (χ0) is 19.0. The van der Waals surface area contributed by atoms with Gasteiger partial charge < -0.3 is 9.47 Å². The first-order valence-corrected chi connectivity index (χ1v) is 8.93. The summed E-state index contributed by atoms with van der Waals surface area (Å²) in [7, 11) is 1.14. The molecule has 1 aromatic rings. The average Bonchev–Trinajstić information content (AvgIpc) is 2.86. The summed E-state index contributed by atoms with van der Waals surface area (Å²) < 4.78 is 8.41. The second kappa shape index (κ2) is 7.12. The second-order valence-electron chi connectivity index (χ2n) is 6.15. The molecule has 1 fully saturated rings. The molecule has 1 atom stereocenters. The number of hydrogen-bond donors (Lipinski definition) is 0. The van der Waals surface area contributed by atoms with Gasteiger partial charge in [-0.2, -0.15) is 0 Å². The van der Waals surface area contributed by atoms with Crippen molar-refractivity contribution < 1.29 is 19.1 Å². The Hall–Kier alpha value is -0.720. The monoisotopic (exact) mass is 427 g/mol. The Morgan fingerprint density at radius 1 is 1.24 bits per heavy atom. The number of carbonyl (C=O) groups excluding carboxylic acids is 2. The molecule has 0 aromatic heterocycles. The molecular weight excluding hydrogens is 412 g/mol. The van der Waals surface area contributed by atoms with Gasteiger partial charge in [-0.05, 0) is 13.8 Å². The van der Waals surface area contributed by atoms with Crippen molar-refractivity contribution in [3.05, 3.63) is 35.9 Å². The topological polar surface area (TPSA) is 55.8 Å². The molecule has 1 aliphatic rings. The summed E-state index contributed by atoms with van der Waals surface area (Å²) in [4.78, 5) is 25.0. The van der Waals surface area contributed by atoms with E-state index in [9.17, 15) is 9.59 Å². The van der Waals surface area contributed by atoms with Gasteiger partial charge in [-0.25, -0.2) is 4.79 Å². The molecule has 9 heteroatoms. The van der Waals surface area contributed by atoms with Gasteiger partial charge in [0.15, 0.2) is 4.84 Å². The van der Waals surface area contributed by atoms with E-state index in [1.165, 1.54) is 4.90 Å². The largest absolute Gasteiger partial charge is 0.467 e. The summed E-state index contributed by atoms with van der Waals surface area (Å²) in [5.74, 6) is -1.67. The summed E-state index contributed by atoms with van der Waals surface area (Å²) in [6, 6.07) is 8.45. The third-order valence-electron chi connectivity index (χ3n) is 3.99. The average molecular weight is 429 g/mol. The number of halogens is 4. The van der Waals surface area contributed by atoms with Crippen molar-refractivity contribution in [2.45, 2.75) is 34.3 Å². The lowest BCUT2D eigenvalue weighted by Crippen LogP contribution is -2.64. The zero-order valence-electron chi connectivity index (χ0n) is 13.8. The van der Waals surface area contributed by atoms with Gasteiger partial charge >= 0.3 is 5.97 Å². The van der Waals surface area contributed by atoms with E-state index in [-0.39, 0.29) is 6.61 Å². The number of methoxy groups -OCH3 is 1. The van der Waals surface area contributed by atoms with E-state index >= 15 is 0 Å². The van der Waals surface area contributed by atoms with Crippen LogP contribution in [0.4, 0.5) is 0 Å². The number of rotatable bonds is 4. The summed E-state index contributed by atoms with van der Waals surface area (Å²) in [6.07, 6.45) is 0. The standard InChI is InChI=1S/C16H17Cl4NO4/c1-14(2)9-25-16(10-7-5-4-6-8-10,15(19,20)13(23)24-3)21(14)12(22)11(17)18/h4-8,11H,9H2,1-3H3. The maximum absolute atomic E-state index is 12.8. The number of amides is 1. The molecule has 1 heterocycles. The molecule has 1 saturated heterocycles. The predicted octanol–water partition coefficient (Wildman–Crippen LogP) is 3.63. The molecule has 2 rings (SSSR count). The number of alkyl halides is 4. The first kappa shape index (κ1) is 20.6. The molecule has 1 unspecified atom stereocenters. The van der Waals surface area contributed by atoms with Crippen LogP contribution in [0.1, 0.15) is 19.4 Å². The second-order valence-corrected chi connectivity index (χ2v) is 8.58. The van der Waals surface area contributed by atoms with Gasteiger partial charge in [0.05, 0.1) is 19.3 Å². The number of ether oxygens (including phenoxy) is 2. The van der Waals surface area contributed by atoms with E-state index in [1.54, 1.807) is 44.2 Å². The molecule has 0 saturated carbocycles. The number of nitrogens with zero attached hydrogens (tertiary/aromatic N) is 1. The third kappa shape index (κ3) is 3.21. The van der Waals surface area contributed by atoms with Gasteiger partial charge in [0.1, 0.15) is 0 Å². The minimum atomic E-state index is -2.27. The van der Waals surface area contributed by atoms with Gasteiger partial charge in [0.25, 0.3) is 10.2 Å². The lowest BCUT2D eigenvalue weighted by atomic mass is 9.93. The van der Waals surface area contributed by atoms with Crippen LogP contribution < -0.4 is 0 Å². The maximum atomic E-state index is 12.8. The Labute approximate surface area is 166 Å². The minimum absolute atomic E-state index is 0.0479. The Kier molecular flexibility index (Phi) is 5.87. The van der Waals surface area contributed by atoms with Crippen LogP contribution in [0, 0.1) is 0 Å². The highest BCUT2D eigenvalue weighted by Crippen LogP contribution is 2.54. The lowest BCUT2D eigenvalue weighted by Gasteiger charge is -2.47. The van der Waals surface area contributed by atoms with E-state index in [1.807, 2.05) is 0 Å². The molecule has 0 aliphatic carbocycles. The van der Waals surface area contributed by atoms with Crippen LogP contribution in [0.5, 0.6) is 0 Å². The Morgan fingerprint density at radius 3 is 2.28 bits per heavy atom. The van der Waals surface area contributed by atoms with Gasteiger partial charge in [0.2, 0.25) is 5.72 Å². The Balaban J connectivity index is 2.80. The van der Waals surface area contributed by atoms with Crippen LogP contribution in [0.2, 0.25) is 0 Å². The molecule has 25 heavy (non-hydrogen) atoms. The molecule has 1 aliphatic heterocycles. The normalized spacial score (nSPS) is 23.0. The molecular formula is C16H17Cl4NO4. The third-order valence-corrected chi connectivity index (χ3v) is 5.19. The van der Waals surface area contributed by atoms with Crippen molar-refractivity contribution in [1.29, 1.82) is 0 Å². The zero-order valence-corrected chi connectivity index (χ0v) is 16.8. The molecule has 0 N–H and O–H groups in total. The summed E-state index contributed by atoms with van der Waals surface area (Å²) in [5, 5.41) is 0. The highest BCUT2D eigenvalue weighted by atomic mass is 35.5. The smallest absolute Gasteiger partial charge is 0.347 e. The van der Waals surface area contributed by atoms with E-state index < -0.39 is 32.3 Å². The molecule has 138 valence electrons. The van der Waals surface area contributed by atoms with Crippen LogP contribution in [-0.4, -0.2) is 45.2 Å². The lowest BCUT2D eigenvalue weighted by molar-refractivity contribution is -0.170. The van der Waals surface area contributed by atoms with Gasteiger partial charge in [0, 0.05) is 5.56 Å². The molecule has 0 spiro atoms. The van der Waals surface area contributed by atoms with Crippen molar-refractivity contribution >= 4 is 58.3 Å². The predicted molar refractivity (Wildman–Crippen MR) is 96.9 cm³/mol. The molecule has 0 radical (unpaired) electrons.